The first-order valence-corrected chi connectivity index (χ1v) is 9.49. The summed E-state index contributed by atoms with van der Waals surface area (Å²) in [4.78, 5) is 0. The van der Waals surface area contributed by atoms with Gasteiger partial charge in [-0.25, -0.2) is 0 Å². The second-order valence-electron chi connectivity index (χ2n) is 5.56. The van der Waals surface area contributed by atoms with E-state index in [0.717, 1.165) is 15.9 Å². The molecular formula is C19H18IO3P. The van der Waals surface area contributed by atoms with Gasteiger partial charge in [0, 0.05) is 0 Å². The molecule has 5 heteroatoms. The van der Waals surface area contributed by atoms with Crippen LogP contribution in [0.25, 0.3) is 0 Å². The van der Waals surface area contributed by atoms with E-state index >= 15 is 0 Å². The van der Waals surface area contributed by atoms with E-state index in [2.05, 4.69) is 6.66 Å². The molecule has 0 amide bonds. The van der Waals surface area contributed by atoms with Gasteiger partial charge in [0.1, 0.15) is 40.4 Å². The molecule has 0 spiro atoms. The molecule has 0 aromatic heterocycles. The molecule has 124 valence electrons. The van der Waals surface area contributed by atoms with Crippen molar-refractivity contribution in [2.24, 2.45) is 0 Å². The van der Waals surface area contributed by atoms with E-state index in [1.165, 1.54) is 0 Å². The van der Waals surface area contributed by atoms with E-state index < -0.39 is 7.26 Å². The van der Waals surface area contributed by atoms with Crippen molar-refractivity contribution in [1.82, 2.24) is 0 Å². The predicted octanol–water partition coefficient (Wildman–Crippen LogP) is -0.269. The molecule has 0 radical (unpaired) electrons. The summed E-state index contributed by atoms with van der Waals surface area (Å²) in [5.74, 6) is 0.699. The molecule has 3 nitrogen and oxygen atoms in total. The third kappa shape index (κ3) is 3.50. The summed E-state index contributed by atoms with van der Waals surface area (Å²) in [6, 6.07) is 21.7. The molecule has 0 bridgehead atoms. The lowest BCUT2D eigenvalue weighted by molar-refractivity contribution is -0.00000767. The Bertz CT molecular complexity index is 689. The van der Waals surface area contributed by atoms with Crippen LogP contribution < -0.4 is 39.9 Å². The Labute approximate surface area is 159 Å². The van der Waals surface area contributed by atoms with E-state index in [4.69, 9.17) is 0 Å². The Morgan fingerprint density at radius 3 is 0.917 bits per heavy atom. The third-order valence-corrected chi connectivity index (χ3v) is 8.09. The molecule has 0 aliphatic carbocycles. The highest BCUT2D eigenvalue weighted by molar-refractivity contribution is 7.95. The van der Waals surface area contributed by atoms with Crippen molar-refractivity contribution < 1.29 is 39.3 Å². The zero-order valence-electron chi connectivity index (χ0n) is 13.1. The van der Waals surface area contributed by atoms with Gasteiger partial charge < -0.3 is 39.3 Å². The first-order valence-electron chi connectivity index (χ1n) is 7.25. The van der Waals surface area contributed by atoms with Crippen LogP contribution in [0, 0.1) is 0 Å². The van der Waals surface area contributed by atoms with Crippen molar-refractivity contribution in [3.8, 4) is 17.2 Å². The first-order chi connectivity index (χ1) is 11.0. The smallest absolute Gasteiger partial charge is 0.115 e. The molecule has 0 heterocycles. The Morgan fingerprint density at radius 1 is 0.500 bits per heavy atom. The second kappa shape index (κ2) is 7.41. The highest BCUT2D eigenvalue weighted by Gasteiger charge is 2.40. The maximum Gasteiger partial charge on any atom is 0.115 e. The van der Waals surface area contributed by atoms with Crippen molar-refractivity contribution in [1.29, 1.82) is 0 Å². The number of hydrogen-bond donors (Lipinski definition) is 3. The van der Waals surface area contributed by atoms with Crippen LogP contribution in [-0.2, 0) is 0 Å². The largest absolute Gasteiger partial charge is 1.00 e. The molecule has 0 aliphatic rings. The van der Waals surface area contributed by atoms with Crippen LogP contribution in [0.4, 0.5) is 0 Å². The maximum atomic E-state index is 9.58. The highest BCUT2D eigenvalue weighted by Crippen LogP contribution is 2.51. The molecule has 3 rings (SSSR count). The van der Waals surface area contributed by atoms with Gasteiger partial charge in [-0.05, 0) is 72.8 Å². The number of benzene rings is 3. The molecule has 0 fully saturated rings. The molecule has 3 aromatic carbocycles. The van der Waals surface area contributed by atoms with Crippen molar-refractivity contribution in [3.05, 3.63) is 72.8 Å². The summed E-state index contributed by atoms with van der Waals surface area (Å²) in [5.41, 5.74) is 0. The van der Waals surface area contributed by atoms with Gasteiger partial charge in [-0.15, -0.1) is 0 Å². The number of phenolic OH excluding ortho intramolecular Hbond substituents is 3. The quantitative estimate of drug-likeness (QED) is 0.379. The van der Waals surface area contributed by atoms with E-state index in [1.54, 1.807) is 36.4 Å². The monoisotopic (exact) mass is 452 g/mol. The van der Waals surface area contributed by atoms with Crippen LogP contribution in [0.2, 0.25) is 0 Å². The fourth-order valence-corrected chi connectivity index (χ4v) is 5.83. The Morgan fingerprint density at radius 2 is 0.708 bits per heavy atom. The molecule has 3 aromatic rings. The second-order valence-corrected chi connectivity index (χ2v) is 9.12. The van der Waals surface area contributed by atoms with Gasteiger partial charge >= 0.3 is 0 Å². The minimum Gasteiger partial charge on any atom is -1.00 e. The standard InChI is InChI=1S/C19H17O3P.HI/c1-23(17-8-2-14(20)3-9-17,18-10-4-15(21)5-11-18)19-12-6-16(22)7-13-19;/h2-13H,1H3,(H2-,20,21,22);1H. The van der Waals surface area contributed by atoms with Crippen LogP contribution >= 0.6 is 7.26 Å². The summed E-state index contributed by atoms with van der Waals surface area (Å²) in [5, 5.41) is 32.1. The van der Waals surface area contributed by atoms with E-state index in [-0.39, 0.29) is 41.2 Å². The Balaban J connectivity index is 0.00000208. The summed E-state index contributed by atoms with van der Waals surface area (Å²) in [7, 11) is -1.92. The minimum absolute atomic E-state index is 0. The van der Waals surface area contributed by atoms with Gasteiger partial charge in [0.25, 0.3) is 0 Å². The van der Waals surface area contributed by atoms with Gasteiger partial charge in [-0.3, -0.25) is 0 Å². The average molecular weight is 452 g/mol. The van der Waals surface area contributed by atoms with Crippen molar-refractivity contribution >= 4 is 23.2 Å². The van der Waals surface area contributed by atoms with Crippen molar-refractivity contribution in [2.45, 2.75) is 0 Å². The van der Waals surface area contributed by atoms with E-state index in [0.29, 0.717) is 0 Å². The van der Waals surface area contributed by atoms with Gasteiger partial charge in [-0.2, -0.15) is 0 Å². The van der Waals surface area contributed by atoms with Gasteiger partial charge in [-0.1, -0.05) is 0 Å². The SMILES string of the molecule is C[P+](c1ccc(O)cc1)(c1ccc(O)cc1)c1ccc(O)cc1.[I-]. The third-order valence-electron chi connectivity index (χ3n) is 4.10. The Hall–Kier alpha value is -1.78. The molecule has 0 atom stereocenters. The zero-order chi connectivity index (χ0) is 16.4. The predicted molar refractivity (Wildman–Crippen MR) is 96.1 cm³/mol. The molecular weight excluding hydrogens is 434 g/mol. The number of hydrogen-bond acceptors (Lipinski definition) is 3. The molecule has 0 saturated carbocycles. The molecule has 24 heavy (non-hydrogen) atoms. The van der Waals surface area contributed by atoms with Crippen LogP contribution in [-0.4, -0.2) is 22.0 Å². The zero-order valence-corrected chi connectivity index (χ0v) is 16.1. The topological polar surface area (TPSA) is 60.7 Å². The van der Waals surface area contributed by atoms with Crippen molar-refractivity contribution in [2.75, 3.05) is 6.66 Å². The average Bonchev–Trinajstić information content (AvgIpc) is 2.56. The molecule has 0 unspecified atom stereocenters. The Kier molecular flexibility index (Phi) is 5.73. The van der Waals surface area contributed by atoms with Gasteiger partial charge in [0.2, 0.25) is 0 Å². The van der Waals surface area contributed by atoms with Crippen LogP contribution in [0.15, 0.2) is 72.8 Å². The fourth-order valence-electron chi connectivity index (χ4n) is 2.70. The summed E-state index contributed by atoms with van der Waals surface area (Å²) in [6.07, 6.45) is 0. The summed E-state index contributed by atoms with van der Waals surface area (Å²) in [6.45, 7) is 2.19. The minimum atomic E-state index is -1.92. The maximum absolute atomic E-state index is 9.58. The summed E-state index contributed by atoms with van der Waals surface area (Å²) < 4.78 is 0. The van der Waals surface area contributed by atoms with E-state index in [1.807, 2.05) is 36.4 Å². The summed E-state index contributed by atoms with van der Waals surface area (Å²) >= 11 is 0. The van der Waals surface area contributed by atoms with E-state index in [9.17, 15) is 15.3 Å². The number of rotatable bonds is 3. The lowest BCUT2D eigenvalue weighted by Gasteiger charge is -2.23. The lowest BCUT2D eigenvalue weighted by atomic mass is 10.3. The number of phenols is 3. The molecule has 0 saturated heterocycles. The fraction of sp³-hybridized carbons (Fsp3) is 0.0526. The van der Waals surface area contributed by atoms with Crippen LogP contribution in [0.5, 0.6) is 17.2 Å². The molecule has 3 N–H and O–H groups in total. The number of halogens is 1. The van der Waals surface area contributed by atoms with Gasteiger partial charge in [0.05, 0.1) is 6.66 Å². The van der Waals surface area contributed by atoms with Crippen LogP contribution in [0.3, 0.4) is 0 Å². The molecule has 0 aliphatic heterocycles. The lowest BCUT2D eigenvalue weighted by Crippen LogP contribution is -3.00. The van der Waals surface area contributed by atoms with Crippen LogP contribution in [0.1, 0.15) is 0 Å². The first kappa shape index (κ1) is 18.6. The normalized spacial score (nSPS) is 10.9. The highest BCUT2D eigenvalue weighted by atomic mass is 127. The number of aromatic hydroxyl groups is 3. The van der Waals surface area contributed by atoms with Gasteiger partial charge in [0.15, 0.2) is 0 Å². The van der Waals surface area contributed by atoms with Crippen molar-refractivity contribution in [3.63, 3.8) is 0 Å².